The molecule has 0 radical (unpaired) electrons. The van der Waals surface area contributed by atoms with E-state index in [2.05, 4.69) is 27.1 Å². The molecule has 3 aliphatic heterocycles. The lowest BCUT2D eigenvalue weighted by Crippen LogP contribution is -2.62. The third kappa shape index (κ3) is 6.01. The van der Waals surface area contributed by atoms with Crippen molar-refractivity contribution in [2.24, 2.45) is 5.92 Å². The fourth-order valence-electron chi connectivity index (χ4n) is 6.41. The van der Waals surface area contributed by atoms with Crippen molar-refractivity contribution < 1.29 is 18.0 Å². The van der Waals surface area contributed by atoms with Gasteiger partial charge in [0.25, 0.3) is 0 Å². The molecule has 11 nitrogen and oxygen atoms in total. The van der Waals surface area contributed by atoms with E-state index in [-0.39, 0.29) is 29.2 Å². The Hall–Kier alpha value is -3.50. The van der Waals surface area contributed by atoms with Gasteiger partial charge in [0.1, 0.15) is 6.17 Å². The SMILES string of the molecule is CN(C)S(=O)(=O)c1ccc(NC2NN(C3(CC#N)CCN(C(=O)CCc4ccccc4)CC3)C3CCNC(=O)C23)cc1. The van der Waals surface area contributed by atoms with E-state index in [0.717, 1.165) is 12.0 Å². The van der Waals surface area contributed by atoms with Crippen molar-refractivity contribution in [1.82, 2.24) is 25.0 Å². The number of benzene rings is 2. The van der Waals surface area contributed by atoms with Crippen LogP contribution in [0.1, 0.15) is 37.7 Å². The van der Waals surface area contributed by atoms with E-state index in [4.69, 9.17) is 0 Å². The molecule has 2 aromatic carbocycles. The van der Waals surface area contributed by atoms with Crippen molar-refractivity contribution in [2.45, 2.75) is 61.2 Å². The maximum absolute atomic E-state index is 13.1. The predicted octanol–water partition coefficient (Wildman–Crippen LogP) is 1.91. The number of amides is 2. The van der Waals surface area contributed by atoms with Crippen LogP contribution in [0.4, 0.5) is 5.69 Å². The first kappa shape index (κ1) is 30.0. The first-order valence-corrected chi connectivity index (χ1v) is 15.9. The van der Waals surface area contributed by atoms with Crippen molar-refractivity contribution in [3.63, 3.8) is 0 Å². The van der Waals surface area contributed by atoms with Crippen LogP contribution < -0.4 is 16.1 Å². The predicted molar refractivity (Wildman–Crippen MR) is 158 cm³/mol. The summed E-state index contributed by atoms with van der Waals surface area (Å²) >= 11 is 0. The van der Waals surface area contributed by atoms with Crippen LogP contribution in [0, 0.1) is 17.2 Å². The number of likely N-dealkylation sites (tertiary alicyclic amines) is 1. The number of aryl methyl sites for hydroxylation is 1. The van der Waals surface area contributed by atoms with E-state index in [9.17, 15) is 23.3 Å². The van der Waals surface area contributed by atoms with Crippen LogP contribution in [-0.4, -0.2) is 85.9 Å². The topological polar surface area (TPSA) is 138 Å². The third-order valence-corrected chi connectivity index (χ3v) is 10.6. The zero-order valence-electron chi connectivity index (χ0n) is 24.1. The third-order valence-electron chi connectivity index (χ3n) is 8.82. The first-order valence-electron chi connectivity index (χ1n) is 14.5. The number of carbonyl (C=O) groups is 2. The molecule has 0 aromatic heterocycles. The average Bonchev–Trinajstić information content (AvgIpc) is 3.37. The molecule has 5 rings (SSSR count). The quantitative estimate of drug-likeness (QED) is 0.401. The van der Waals surface area contributed by atoms with Crippen molar-refractivity contribution in [2.75, 3.05) is 39.0 Å². The number of nitriles is 1. The first-order chi connectivity index (χ1) is 20.1. The van der Waals surface area contributed by atoms with Gasteiger partial charge in [0.15, 0.2) is 0 Å². The van der Waals surface area contributed by atoms with E-state index in [1.807, 2.05) is 35.2 Å². The Morgan fingerprint density at radius 3 is 2.45 bits per heavy atom. The lowest BCUT2D eigenvalue weighted by molar-refractivity contribution is -0.135. The number of hydrazine groups is 1. The van der Waals surface area contributed by atoms with Gasteiger partial charge in [-0.25, -0.2) is 23.2 Å². The highest BCUT2D eigenvalue weighted by atomic mass is 32.2. The molecule has 0 aliphatic carbocycles. The standard InChI is InChI=1S/C30H39N7O4S/c1-35(2)42(40,41)24-11-9-23(10-12-24)33-28-27-25(14-19-32-29(27)39)37(34-28)30(15-18-31)16-20-36(21-17-30)26(38)13-8-22-6-4-3-5-7-22/h3-7,9-12,25,27-28,33-34H,8,13-17,19-21H2,1-2H3,(H,32,39). The zero-order valence-corrected chi connectivity index (χ0v) is 24.9. The average molecular weight is 594 g/mol. The van der Waals surface area contributed by atoms with Crippen molar-refractivity contribution in [3.05, 3.63) is 60.2 Å². The number of piperidine rings is 2. The Balaban J connectivity index is 1.30. The van der Waals surface area contributed by atoms with Gasteiger partial charge in [-0.3, -0.25) is 9.59 Å². The van der Waals surface area contributed by atoms with Gasteiger partial charge in [-0.05, 0) is 55.5 Å². The van der Waals surface area contributed by atoms with Crippen molar-refractivity contribution in [3.8, 4) is 6.07 Å². The summed E-state index contributed by atoms with van der Waals surface area (Å²) in [5.41, 5.74) is 4.83. The summed E-state index contributed by atoms with van der Waals surface area (Å²) in [4.78, 5) is 28.3. The van der Waals surface area contributed by atoms with Crippen LogP contribution in [0.15, 0.2) is 59.5 Å². The van der Waals surface area contributed by atoms with Gasteiger partial charge in [0.2, 0.25) is 21.8 Å². The normalized spacial score (nSPS) is 24.1. The molecule has 3 unspecified atom stereocenters. The summed E-state index contributed by atoms with van der Waals surface area (Å²) in [5.74, 6) is -0.357. The molecule has 3 N–H and O–H groups in total. The Bertz CT molecular complexity index is 1420. The van der Waals surface area contributed by atoms with Crippen LogP contribution in [0.25, 0.3) is 0 Å². The fraction of sp³-hybridized carbons (Fsp3) is 0.500. The van der Waals surface area contributed by atoms with E-state index < -0.39 is 27.6 Å². The molecule has 3 atom stereocenters. The van der Waals surface area contributed by atoms with E-state index in [1.165, 1.54) is 18.4 Å². The molecule has 3 fully saturated rings. The Morgan fingerprint density at radius 2 is 1.81 bits per heavy atom. The number of fused-ring (bicyclic) bond motifs is 1. The second kappa shape index (κ2) is 12.4. The number of sulfonamides is 1. The summed E-state index contributed by atoms with van der Waals surface area (Å²) in [6, 6.07) is 18.7. The van der Waals surface area contributed by atoms with Crippen molar-refractivity contribution >= 4 is 27.5 Å². The maximum Gasteiger partial charge on any atom is 0.242 e. The van der Waals surface area contributed by atoms with Crippen LogP contribution in [-0.2, 0) is 26.0 Å². The Kier molecular flexibility index (Phi) is 8.84. The molecule has 0 bridgehead atoms. The minimum Gasteiger partial charge on any atom is -0.368 e. The van der Waals surface area contributed by atoms with Crippen LogP contribution in [0.5, 0.6) is 0 Å². The number of hydrogen-bond acceptors (Lipinski definition) is 8. The van der Waals surface area contributed by atoms with Crippen molar-refractivity contribution in [1.29, 1.82) is 5.26 Å². The summed E-state index contributed by atoms with van der Waals surface area (Å²) in [5, 5.41) is 18.4. The van der Waals surface area contributed by atoms with Gasteiger partial charge >= 0.3 is 0 Å². The Morgan fingerprint density at radius 1 is 1.12 bits per heavy atom. The lowest BCUT2D eigenvalue weighted by Gasteiger charge is -2.49. The minimum absolute atomic E-state index is 0.0637. The maximum atomic E-state index is 13.1. The molecule has 0 spiro atoms. The smallest absolute Gasteiger partial charge is 0.242 e. The van der Waals surface area contributed by atoms with Crippen LogP contribution in [0.2, 0.25) is 0 Å². The largest absolute Gasteiger partial charge is 0.368 e. The lowest BCUT2D eigenvalue weighted by atomic mass is 9.81. The van der Waals surface area contributed by atoms with Gasteiger partial charge in [-0.15, -0.1) is 0 Å². The van der Waals surface area contributed by atoms with Gasteiger partial charge < -0.3 is 15.5 Å². The number of rotatable bonds is 9. The highest BCUT2D eigenvalue weighted by molar-refractivity contribution is 7.89. The molecular formula is C30H39N7O4S. The molecule has 3 aliphatic rings. The number of hydrogen-bond donors (Lipinski definition) is 3. The molecule has 0 saturated carbocycles. The summed E-state index contributed by atoms with van der Waals surface area (Å²) in [6.07, 6.45) is 2.95. The highest BCUT2D eigenvalue weighted by Crippen LogP contribution is 2.40. The van der Waals surface area contributed by atoms with Gasteiger partial charge in [0, 0.05) is 51.9 Å². The molecular weight excluding hydrogens is 554 g/mol. The summed E-state index contributed by atoms with van der Waals surface area (Å²) in [6.45, 7) is 1.66. The highest BCUT2D eigenvalue weighted by Gasteiger charge is 2.55. The molecule has 3 heterocycles. The van der Waals surface area contributed by atoms with Gasteiger partial charge in [0.05, 0.1) is 28.8 Å². The fourth-order valence-corrected chi connectivity index (χ4v) is 7.31. The second-order valence-corrected chi connectivity index (χ2v) is 13.7. The van der Waals surface area contributed by atoms with E-state index in [0.29, 0.717) is 51.0 Å². The molecule has 2 aromatic rings. The van der Waals surface area contributed by atoms with E-state index in [1.54, 1.807) is 24.3 Å². The molecule has 2 amide bonds. The second-order valence-electron chi connectivity index (χ2n) is 11.5. The molecule has 3 saturated heterocycles. The number of nitrogens with one attached hydrogen (secondary N) is 3. The van der Waals surface area contributed by atoms with E-state index >= 15 is 0 Å². The van der Waals surface area contributed by atoms with Crippen LogP contribution in [0.3, 0.4) is 0 Å². The number of carbonyl (C=O) groups excluding carboxylic acids is 2. The van der Waals surface area contributed by atoms with Gasteiger partial charge in [-0.1, -0.05) is 30.3 Å². The zero-order chi connectivity index (χ0) is 29.9. The van der Waals surface area contributed by atoms with Crippen LogP contribution >= 0.6 is 0 Å². The van der Waals surface area contributed by atoms with Gasteiger partial charge in [-0.2, -0.15) is 5.26 Å². The summed E-state index contributed by atoms with van der Waals surface area (Å²) < 4.78 is 26.1. The summed E-state index contributed by atoms with van der Waals surface area (Å²) in [7, 11) is -0.579. The molecule has 224 valence electrons. The minimum atomic E-state index is -3.56. The number of nitrogens with zero attached hydrogens (tertiary/aromatic N) is 4. The molecule has 42 heavy (non-hydrogen) atoms. The Labute approximate surface area is 247 Å². The monoisotopic (exact) mass is 593 g/mol. The molecule has 12 heteroatoms. The number of anilines is 1.